The second-order valence-electron chi connectivity index (χ2n) is 7.50. The molecule has 2 unspecified atom stereocenters. The summed E-state index contributed by atoms with van der Waals surface area (Å²) in [6.07, 6.45) is 5.16. The number of aromatic nitrogens is 2. The van der Waals surface area contributed by atoms with E-state index in [1.54, 1.807) is 6.07 Å². The molecular weight excluding hydrogens is 392 g/mol. The molecule has 0 saturated carbocycles. The molecule has 1 aromatic heterocycles. The first-order valence-electron chi connectivity index (χ1n) is 10.1. The van der Waals surface area contributed by atoms with Gasteiger partial charge in [-0.15, -0.1) is 12.4 Å². The molecule has 29 heavy (non-hydrogen) atoms. The molecule has 2 N–H and O–H groups in total. The van der Waals surface area contributed by atoms with Crippen molar-refractivity contribution in [2.24, 2.45) is 0 Å². The highest BCUT2D eigenvalue weighted by Gasteiger charge is 2.22. The van der Waals surface area contributed by atoms with Crippen LogP contribution >= 0.6 is 12.4 Å². The van der Waals surface area contributed by atoms with E-state index >= 15 is 0 Å². The second kappa shape index (κ2) is 9.50. The fraction of sp³-hybridized carbons (Fsp3) is 0.524. The Balaban J connectivity index is 0.00000240. The lowest BCUT2D eigenvalue weighted by Gasteiger charge is -2.22. The van der Waals surface area contributed by atoms with E-state index < -0.39 is 0 Å². The van der Waals surface area contributed by atoms with Crippen molar-refractivity contribution in [1.82, 2.24) is 20.4 Å². The van der Waals surface area contributed by atoms with Crippen molar-refractivity contribution in [2.75, 3.05) is 19.7 Å². The van der Waals surface area contributed by atoms with Gasteiger partial charge in [0, 0.05) is 36.8 Å². The number of benzene rings is 1. The molecule has 2 aliphatic rings. The molecule has 0 spiro atoms. The Kier molecular flexibility index (Phi) is 7.03. The minimum Gasteiger partial charge on any atom is -0.494 e. The van der Waals surface area contributed by atoms with Crippen LogP contribution in [0.4, 0.5) is 0 Å². The summed E-state index contributed by atoms with van der Waals surface area (Å²) in [7, 11) is 0. The van der Waals surface area contributed by atoms with Gasteiger partial charge in [0.1, 0.15) is 23.3 Å². The minimum absolute atomic E-state index is 0. The van der Waals surface area contributed by atoms with Crippen LogP contribution in [0.2, 0.25) is 0 Å². The number of halogens is 1. The van der Waals surface area contributed by atoms with Gasteiger partial charge in [-0.1, -0.05) is 0 Å². The van der Waals surface area contributed by atoms with Gasteiger partial charge in [0.25, 0.3) is 5.91 Å². The Morgan fingerprint density at radius 2 is 2.31 bits per heavy atom. The molecule has 0 radical (unpaired) electrons. The summed E-state index contributed by atoms with van der Waals surface area (Å²) in [6, 6.07) is 6.11. The Morgan fingerprint density at radius 3 is 3.07 bits per heavy atom. The normalized spacial score (nSPS) is 20.3. The lowest BCUT2D eigenvalue weighted by atomic mass is 10.1. The van der Waals surface area contributed by atoms with Gasteiger partial charge in [0.05, 0.1) is 12.6 Å². The summed E-state index contributed by atoms with van der Waals surface area (Å²) in [5.74, 6) is 1.51. The first-order chi connectivity index (χ1) is 13.6. The summed E-state index contributed by atoms with van der Waals surface area (Å²) in [6.45, 7) is 6.92. The number of carbonyl (C=O) groups is 1. The number of nitrogens with zero attached hydrogens (tertiary/aromatic N) is 2. The van der Waals surface area contributed by atoms with Gasteiger partial charge in [0.15, 0.2) is 0 Å². The van der Waals surface area contributed by atoms with E-state index in [1.165, 1.54) is 0 Å². The number of piperidine rings is 1. The van der Waals surface area contributed by atoms with Gasteiger partial charge in [-0.05, 0) is 51.4 Å². The van der Waals surface area contributed by atoms with Crippen molar-refractivity contribution in [3.8, 4) is 11.5 Å². The van der Waals surface area contributed by atoms with Crippen LogP contribution in [0.1, 0.15) is 54.3 Å². The number of carbonyl (C=O) groups excluding carboxylic acids is 1. The summed E-state index contributed by atoms with van der Waals surface area (Å²) in [4.78, 5) is 12.6. The molecule has 8 heteroatoms. The lowest BCUT2D eigenvalue weighted by molar-refractivity contribution is 0.0944. The second-order valence-corrected chi connectivity index (χ2v) is 7.50. The average molecular weight is 421 g/mol. The zero-order valence-corrected chi connectivity index (χ0v) is 17.8. The van der Waals surface area contributed by atoms with Crippen LogP contribution in [-0.4, -0.2) is 41.5 Å². The predicted octanol–water partition coefficient (Wildman–Crippen LogP) is 2.88. The number of ether oxygens (including phenoxy) is 2. The maximum absolute atomic E-state index is 12.6. The third kappa shape index (κ3) is 4.85. The summed E-state index contributed by atoms with van der Waals surface area (Å²) >= 11 is 0. The van der Waals surface area contributed by atoms with Crippen LogP contribution < -0.4 is 20.1 Å². The topological polar surface area (TPSA) is 77.4 Å². The van der Waals surface area contributed by atoms with Crippen molar-refractivity contribution in [3.05, 3.63) is 41.2 Å². The molecule has 7 nitrogen and oxygen atoms in total. The van der Waals surface area contributed by atoms with Crippen LogP contribution in [0, 0.1) is 0 Å². The fourth-order valence-corrected chi connectivity index (χ4v) is 3.90. The first kappa shape index (κ1) is 21.5. The third-order valence-electron chi connectivity index (χ3n) is 5.30. The van der Waals surface area contributed by atoms with Gasteiger partial charge >= 0.3 is 0 Å². The zero-order chi connectivity index (χ0) is 19.5. The molecule has 1 fully saturated rings. The van der Waals surface area contributed by atoms with Crippen molar-refractivity contribution < 1.29 is 14.3 Å². The molecule has 2 atom stereocenters. The number of nitrogens with one attached hydrogen (secondary N) is 2. The Morgan fingerprint density at radius 1 is 1.45 bits per heavy atom. The standard InChI is InChI=1S/C21H28N4O3.ClH/c1-3-27-19-10-15-9-14(2)28-20(15)11-16(19)12-23-21(26)18-6-8-25(24-18)17-5-4-7-22-13-17;/h6,8,10-11,14,17,22H,3-5,7,9,12-13H2,1-2H3,(H,23,26);1H. The lowest BCUT2D eigenvalue weighted by Crippen LogP contribution is -2.32. The maximum atomic E-state index is 12.6. The van der Waals surface area contributed by atoms with E-state index in [-0.39, 0.29) is 24.4 Å². The highest BCUT2D eigenvalue weighted by molar-refractivity contribution is 5.92. The Bertz CT molecular complexity index is 848. The van der Waals surface area contributed by atoms with Crippen molar-refractivity contribution >= 4 is 18.3 Å². The van der Waals surface area contributed by atoms with E-state index in [4.69, 9.17) is 9.47 Å². The average Bonchev–Trinajstić information content (AvgIpc) is 3.33. The molecule has 4 rings (SSSR count). The monoisotopic (exact) mass is 420 g/mol. The molecule has 0 aliphatic carbocycles. The van der Waals surface area contributed by atoms with Gasteiger partial charge in [-0.2, -0.15) is 5.10 Å². The van der Waals surface area contributed by atoms with Crippen molar-refractivity contribution in [3.63, 3.8) is 0 Å². The molecule has 2 aromatic rings. The van der Waals surface area contributed by atoms with E-state index in [1.807, 2.05) is 29.9 Å². The fourth-order valence-electron chi connectivity index (χ4n) is 3.90. The van der Waals surface area contributed by atoms with Crippen LogP contribution in [0.15, 0.2) is 24.4 Å². The van der Waals surface area contributed by atoms with Crippen molar-refractivity contribution in [2.45, 2.75) is 51.8 Å². The smallest absolute Gasteiger partial charge is 0.272 e. The summed E-state index contributed by atoms with van der Waals surface area (Å²) in [5, 5.41) is 10.8. The van der Waals surface area contributed by atoms with Gasteiger partial charge in [-0.25, -0.2) is 0 Å². The quantitative estimate of drug-likeness (QED) is 0.751. The molecule has 0 bridgehead atoms. The highest BCUT2D eigenvalue weighted by Crippen LogP contribution is 2.35. The van der Waals surface area contributed by atoms with E-state index in [0.717, 1.165) is 55.0 Å². The van der Waals surface area contributed by atoms with Gasteiger partial charge < -0.3 is 20.1 Å². The third-order valence-corrected chi connectivity index (χ3v) is 5.30. The van der Waals surface area contributed by atoms with E-state index in [9.17, 15) is 4.79 Å². The maximum Gasteiger partial charge on any atom is 0.272 e. The SMILES string of the molecule is CCOc1cc2c(cc1CNC(=O)c1ccn(C3CCCNC3)n1)OC(C)C2.Cl. The van der Waals surface area contributed by atoms with E-state index in [2.05, 4.69) is 22.7 Å². The molecule has 158 valence electrons. The molecule has 1 aromatic carbocycles. The minimum atomic E-state index is -0.181. The largest absolute Gasteiger partial charge is 0.494 e. The number of fused-ring (bicyclic) bond motifs is 1. The molecule has 2 aliphatic heterocycles. The van der Waals surface area contributed by atoms with Crippen LogP contribution in [0.3, 0.4) is 0 Å². The molecular formula is C21H29ClN4O3. The molecule has 3 heterocycles. The Labute approximate surface area is 177 Å². The predicted molar refractivity (Wildman–Crippen MR) is 113 cm³/mol. The molecule has 1 amide bonds. The number of hydrogen-bond donors (Lipinski definition) is 2. The van der Waals surface area contributed by atoms with Crippen molar-refractivity contribution in [1.29, 1.82) is 0 Å². The van der Waals surface area contributed by atoms with Gasteiger partial charge in [0.2, 0.25) is 0 Å². The van der Waals surface area contributed by atoms with Gasteiger partial charge in [-0.3, -0.25) is 9.48 Å². The highest BCUT2D eigenvalue weighted by atomic mass is 35.5. The van der Waals surface area contributed by atoms with Crippen LogP contribution in [-0.2, 0) is 13.0 Å². The number of hydrogen-bond acceptors (Lipinski definition) is 5. The number of amides is 1. The zero-order valence-electron chi connectivity index (χ0n) is 16.9. The number of rotatable bonds is 6. The molecule has 1 saturated heterocycles. The van der Waals surface area contributed by atoms with Crippen LogP contribution in [0.5, 0.6) is 11.5 Å². The summed E-state index contributed by atoms with van der Waals surface area (Å²) in [5.41, 5.74) is 2.51. The summed E-state index contributed by atoms with van der Waals surface area (Å²) < 4.78 is 13.5. The van der Waals surface area contributed by atoms with E-state index in [0.29, 0.717) is 24.9 Å². The van der Waals surface area contributed by atoms with Crippen LogP contribution in [0.25, 0.3) is 0 Å². The Hall–Kier alpha value is -2.25. The first-order valence-corrected chi connectivity index (χ1v) is 10.1.